The highest BCUT2D eigenvalue weighted by Crippen LogP contribution is 2.30. The molecule has 0 aromatic carbocycles. The third-order valence-electron chi connectivity index (χ3n) is 6.02. The molecular formula is C20H30N6O. The molecule has 4 rings (SSSR count). The quantitative estimate of drug-likeness (QED) is 0.811. The van der Waals surface area contributed by atoms with E-state index in [9.17, 15) is 4.79 Å². The number of carbonyl (C=O) groups excluding carboxylic acids is 1. The number of rotatable bonds is 2. The molecule has 2 fully saturated rings. The molecule has 0 bridgehead atoms. The zero-order chi connectivity index (χ0) is 19.2. The second-order valence-electron chi connectivity index (χ2n) is 9.02. The van der Waals surface area contributed by atoms with Crippen LogP contribution in [0.15, 0.2) is 12.1 Å². The van der Waals surface area contributed by atoms with Crippen LogP contribution in [-0.2, 0) is 10.2 Å². The van der Waals surface area contributed by atoms with Gasteiger partial charge in [-0.05, 0) is 50.9 Å². The fourth-order valence-corrected chi connectivity index (χ4v) is 4.28. The number of aromatic nitrogens is 4. The molecule has 146 valence electrons. The largest absolute Gasteiger partial charge is 0.344 e. The average Bonchev–Trinajstić information content (AvgIpc) is 3.07. The molecule has 0 aliphatic carbocycles. The van der Waals surface area contributed by atoms with Gasteiger partial charge in [0.05, 0.1) is 11.7 Å². The van der Waals surface area contributed by atoms with Crippen molar-refractivity contribution in [2.45, 2.75) is 63.8 Å². The van der Waals surface area contributed by atoms with Crippen LogP contribution in [0.5, 0.6) is 0 Å². The van der Waals surface area contributed by atoms with Gasteiger partial charge in [0.15, 0.2) is 11.5 Å². The summed E-state index contributed by atoms with van der Waals surface area (Å²) in [7, 11) is 1.92. The molecule has 1 atom stereocenters. The van der Waals surface area contributed by atoms with Gasteiger partial charge >= 0.3 is 0 Å². The highest BCUT2D eigenvalue weighted by Gasteiger charge is 2.35. The zero-order valence-electron chi connectivity index (χ0n) is 16.9. The maximum absolute atomic E-state index is 12.5. The third kappa shape index (κ3) is 3.45. The molecule has 7 nitrogen and oxygen atoms in total. The van der Waals surface area contributed by atoms with Crippen molar-refractivity contribution in [2.75, 3.05) is 26.7 Å². The lowest BCUT2D eigenvalue weighted by atomic mass is 9.92. The van der Waals surface area contributed by atoms with Crippen LogP contribution < -0.4 is 0 Å². The first-order chi connectivity index (χ1) is 12.8. The Balaban J connectivity index is 1.50. The van der Waals surface area contributed by atoms with E-state index in [0.717, 1.165) is 62.5 Å². The standard InChI is InChI=1S/C20H30N6O/c1-20(2,3)16-7-8-17-21-22-18(26(17)23-16)14-9-12-25(13-10-14)15-6-5-11-24(4)19(15)27/h7-8,14-15H,5-6,9-13H2,1-4H3. The topological polar surface area (TPSA) is 66.6 Å². The van der Waals surface area contributed by atoms with Gasteiger partial charge in [0.1, 0.15) is 0 Å². The van der Waals surface area contributed by atoms with Crippen LogP contribution in [0, 0.1) is 0 Å². The molecule has 0 saturated carbocycles. The van der Waals surface area contributed by atoms with Crippen LogP contribution in [0.2, 0.25) is 0 Å². The highest BCUT2D eigenvalue weighted by atomic mass is 16.2. The van der Waals surface area contributed by atoms with E-state index in [1.165, 1.54) is 0 Å². The SMILES string of the molecule is CN1CCCC(N2CCC(c3nnc4ccc(C(C)(C)C)nn34)CC2)C1=O. The Morgan fingerprint density at radius 1 is 1.04 bits per heavy atom. The molecule has 27 heavy (non-hydrogen) atoms. The fourth-order valence-electron chi connectivity index (χ4n) is 4.28. The van der Waals surface area contributed by atoms with Gasteiger partial charge in [-0.3, -0.25) is 9.69 Å². The Bertz CT molecular complexity index is 831. The molecule has 2 aromatic rings. The molecule has 2 aromatic heterocycles. The van der Waals surface area contributed by atoms with Crippen molar-refractivity contribution in [1.29, 1.82) is 0 Å². The summed E-state index contributed by atoms with van der Waals surface area (Å²) in [5.41, 5.74) is 1.85. The summed E-state index contributed by atoms with van der Waals surface area (Å²) in [5.74, 6) is 1.59. The van der Waals surface area contributed by atoms with Crippen molar-refractivity contribution in [2.24, 2.45) is 0 Å². The van der Waals surface area contributed by atoms with Crippen molar-refractivity contribution >= 4 is 11.6 Å². The maximum Gasteiger partial charge on any atom is 0.239 e. The Labute approximate surface area is 160 Å². The smallest absolute Gasteiger partial charge is 0.239 e. The highest BCUT2D eigenvalue weighted by molar-refractivity contribution is 5.82. The predicted molar refractivity (Wildman–Crippen MR) is 104 cm³/mol. The number of amides is 1. The average molecular weight is 371 g/mol. The number of nitrogens with zero attached hydrogens (tertiary/aromatic N) is 6. The zero-order valence-corrected chi connectivity index (χ0v) is 16.9. The molecule has 1 unspecified atom stereocenters. The molecule has 0 N–H and O–H groups in total. The summed E-state index contributed by atoms with van der Waals surface area (Å²) >= 11 is 0. The number of likely N-dealkylation sites (N-methyl/N-ethyl adjacent to an activating group) is 1. The van der Waals surface area contributed by atoms with E-state index in [0.29, 0.717) is 5.92 Å². The first-order valence-electron chi connectivity index (χ1n) is 10.1. The van der Waals surface area contributed by atoms with E-state index in [1.54, 1.807) is 0 Å². The van der Waals surface area contributed by atoms with Gasteiger partial charge in [0.2, 0.25) is 5.91 Å². The molecule has 2 aliphatic rings. The van der Waals surface area contributed by atoms with Crippen LogP contribution in [0.3, 0.4) is 0 Å². The van der Waals surface area contributed by atoms with Crippen molar-refractivity contribution in [3.63, 3.8) is 0 Å². The van der Waals surface area contributed by atoms with Gasteiger partial charge in [-0.1, -0.05) is 20.8 Å². The summed E-state index contributed by atoms with van der Waals surface area (Å²) in [4.78, 5) is 16.7. The minimum absolute atomic E-state index is 0.00748. The third-order valence-corrected chi connectivity index (χ3v) is 6.02. The number of piperidine rings is 2. The van der Waals surface area contributed by atoms with Gasteiger partial charge in [-0.2, -0.15) is 9.61 Å². The predicted octanol–water partition coefficient (Wildman–Crippen LogP) is 2.22. The van der Waals surface area contributed by atoms with Gasteiger partial charge in [0.25, 0.3) is 0 Å². The van der Waals surface area contributed by atoms with Gasteiger partial charge in [0, 0.05) is 24.9 Å². The monoisotopic (exact) mass is 370 g/mol. The molecule has 7 heteroatoms. The lowest BCUT2D eigenvalue weighted by molar-refractivity contribution is -0.139. The lowest BCUT2D eigenvalue weighted by Gasteiger charge is -2.40. The number of carbonyl (C=O) groups is 1. The van der Waals surface area contributed by atoms with Crippen molar-refractivity contribution in [3.8, 4) is 0 Å². The van der Waals surface area contributed by atoms with Gasteiger partial charge < -0.3 is 4.90 Å². The van der Waals surface area contributed by atoms with E-state index < -0.39 is 0 Å². The molecule has 0 radical (unpaired) electrons. The molecule has 2 aliphatic heterocycles. The van der Waals surface area contributed by atoms with Crippen molar-refractivity contribution in [1.82, 2.24) is 29.6 Å². The summed E-state index contributed by atoms with van der Waals surface area (Å²) in [5, 5.41) is 13.6. The first-order valence-corrected chi connectivity index (χ1v) is 10.1. The second-order valence-corrected chi connectivity index (χ2v) is 9.02. The fraction of sp³-hybridized carbons (Fsp3) is 0.700. The van der Waals surface area contributed by atoms with Crippen molar-refractivity contribution < 1.29 is 4.79 Å². The Morgan fingerprint density at radius 2 is 1.78 bits per heavy atom. The van der Waals surface area contributed by atoms with Gasteiger partial charge in [-0.25, -0.2) is 0 Å². The minimum atomic E-state index is -0.00748. The van der Waals surface area contributed by atoms with Crippen molar-refractivity contribution in [3.05, 3.63) is 23.7 Å². The summed E-state index contributed by atoms with van der Waals surface area (Å²) in [6.07, 6.45) is 4.07. The van der Waals surface area contributed by atoms with E-state index in [2.05, 4.69) is 35.9 Å². The van der Waals surface area contributed by atoms with Crippen LogP contribution in [0.1, 0.15) is 63.9 Å². The van der Waals surface area contributed by atoms with Gasteiger partial charge in [-0.15, -0.1) is 10.2 Å². The molecule has 4 heterocycles. The molecular weight excluding hydrogens is 340 g/mol. The lowest BCUT2D eigenvalue weighted by Crippen LogP contribution is -2.53. The molecule has 1 amide bonds. The van der Waals surface area contributed by atoms with E-state index >= 15 is 0 Å². The maximum atomic E-state index is 12.5. The van der Waals surface area contributed by atoms with E-state index in [1.807, 2.05) is 28.6 Å². The van der Waals surface area contributed by atoms with E-state index in [-0.39, 0.29) is 17.4 Å². The van der Waals surface area contributed by atoms with Crippen LogP contribution in [0.25, 0.3) is 5.65 Å². The Hall–Kier alpha value is -2.02. The van der Waals surface area contributed by atoms with Crippen LogP contribution in [0.4, 0.5) is 0 Å². The number of hydrogen-bond acceptors (Lipinski definition) is 5. The summed E-state index contributed by atoms with van der Waals surface area (Å²) in [6, 6.07) is 4.11. The summed E-state index contributed by atoms with van der Waals surface area (Å²) < 4.78 is 1.93. The number of fused-ring (bicyclic) bond motifs is 1. The number of likely N-dealkylation sites (tertiary alicyclic amines) is 2. The van der Waals surface area contributed by atoms with E-state index in [4.69, 9.17) is 5.10 Å². The van der Waals surface area contributed by atoms with Crippen LogP contribution in [-0.4, -0.2) is 68.2 Å². The Kier molecular flexibility index (Phi) is 4.66. The Morgan fingerprint density at radius 3 is 2.48 bits per heavy atom. The summed E-state index contributed by atoms with van der Waals surface area (Å²) in [6.45, 7) is 9.26. The number of hydrogen-bond donors (Lipinski definition) is 0. The van der Waals surface area contributed by atoms with Crippen LogP contribution >= 0.6 is 0 Å². The second kappa shape index (κ2) is 6.86. The minimum Gasteiger partial charge on any atom is -0.344 e. The normalized spacial score (nSPS) is 23.3. The molecule has 0 spiro atoms. The molecule has 2 saturated heterocycles. The first kappa shape index (κ1) is 18.3.